The molecule has 2 amide bonds. The molecule has 0 spiro atoms. The number of esters is 2. The number of fused-ring (bicyclic) bond motifs is 2. The van der Waals surface area contributed by atoms with Crippen LogP contribution in [0.25, 0.3) is 0 Å². The zero-order valence-corrected chi connectivity index (χ0v) is 24.5. The van der Waals surface area contributed by atoms with Gasteiger partial charge in [-0.05, 0) is 48.2 Å². The highest BCUT2D eigenvalue weighted by molar-refractivity contribution is 6.29. The number of hydrogen-bond acceptors (Lipinski definition) is 10. The molecule has 12 heteroatoms. The topological polar surface area (TPSA) is 169 Å². The first kappa shape index (κ1) is 32.1. The van der Waals surface area contributed by atoms with Gasteiger partial charge in [0.25, 0.3) is 0 Å². The predicted molar refractivity (Wildman–Crippen MR) is 154 cm³/mol. The molecule has 42 heavy (non-hydrogen) atoms. The lowest BCUT2D eigenvalue weighted by atomic mass is 9.83. The molecule has 2 aromatic rings. The van der Waals surface area contributed by atoms with E-state index in [1.165, 1.54) is 50.6 Å². The van der Waals surface area contributed by atoms with Gasteiger partial charge in [-0.15, -0.1) is 0 Å². The zero-order chi connectivity index (χ0) is 31.1. The van der Waals surface area contributed by atoms with Crippen LogP contribution in [0.3, 0.4) is 0 Å². The average molecular weight is 581 g/mol. The second kappa shape index (κ2) is 14.0. The van der Waals surface area contributed by atoms with Crippen molar-refractivity contribution in [1.82, 2.24) is 10.6 Å². The molecule has 2 aromatic carbocycles. The summed E-state index contributed by atoms with van der Waals surface area (Å²) in [5.74, 6) is -2.91. The van der Waals surface area contributed by atoms with Gasteiger partial charge in [0.15, 0.2) is 11.6 Å². The molecule has 0 unspecified atom stereocenters. The molecule has 0 aromatic heterocycles. The van der Waals surface area contributed by atoms with Gasteiger partial charge in [-0.2, -0.15) is 0 Å². The molecule has 2 atom stereocenters. The van der Waals surface area contributed by atoms with Crippen molar-refractivity contribution in [2.75, 3.05) is 37.9 Å². The van der Waals surface area contributed by atoms with Crippen LogP contribution in [0.2, 0.25) is 0 Å². The fourth-order valence-corrected chi connectivity index (χ4v) is 4.56. The predicted octanol–water partition coefficient (Wildman–Crippen LogP) is 1.91. The standard InChI is InChI=1S/C30H36N4O8/c1-15(2)25(29(39)41-5)31-13-23(35)33-17-7-9-19-21(11-17)28(38)22-12-18(8-10-20(22)27(19)37)34-24(36)14-32-26(16(3)4)30(40)42-6/h7-12,15-16,25-26,31-32H,13-14H2,1-6H3,(H,33,35)(H,34,36)/t25-,26-/m1/s1. The van der Waals surface area contributed by atoms with Crippen LogP contribution in [0.5, 0.6) is 0 Å². The summed E-state index contributed by atoms with van der Waals surface area (Å²) in [5.41, 5.74) is 1.19. The summed E-state index contributed by atoms with van der Waals surface area (Å²) in [5, 5.41) is 11.1. The Morgan fingerprint density at radius 2 is 0.976 bits per heavy atom. The molecule has 0 fully saturated rings. The fourth-order valence-electron chi connectivity index (χ4n) is 4.56. The summed E-state index contributed by atoms with van der Waals surface area (Å²) in [6.45, 7) is 6.91. The Hall–Kier alpha value is -4.42. The molecular formula is C30H36N4O8. The summed E-state index contributed by atoms with van der Waals surface area (Å²) in [6.07, 6.45) is 0. The van der Waals surface area contributed by atoms with Crippen molar-refractivity contribution in [3.05, 3.63) is 58.7 Å². The Bertz CT molecular complexity index is 1300. The van der Waals surface area contributed by atoms with Crippen molar-refractivity contribution in [2.45, 2.75) is 39.8 Å². The monoisotopic (exact) mass is 580 g/mol. The molecule has 0 saturated heterocycles. The van der Waals surface area contributed by atoms with Crippen LogP contribution >= 0.6 is 0 Å². The largest absolute Gasteiger partial charge is 0.468 e. The van der Waals surface area contributed by atoms with Gasteiger partial charge in [0, 0.05) is 33.6 Å². The Morgan fingerprint density at radius 3 is 1.31 bits per heavy atom. The van der Waals surface area contributed by atoms with Gasteiger partial charge in [-0.3, -0.25) is 39.4 Å². The van der Waals surface area contributed by atoms with Gasteiger partial charge in [-0.25, -0.2) is 0 Å². The van der Waals surface area contributed by atoms with Gasteiger partial charge in [-0.1, -0.05) is 27.7 Å². The molecule has 0 saturated carbocycles. The molecule has 12 nitrogen and oxygen atoms in total. The van der Waals surface area contributed by atoms with Crippen molar-refractivity contribution in [1.29, 1.82) is 0 Å². The van der Waals surface area contributed by atoms with E-state index in [4.69, 9.17) is 9.47 Å². The maximum Gasteiger partial charge on any atom is 0.323 e. The van der Waals surface area contributed by atoms with Crippen LogP contribution in [0.15, 0.2) is 36.4 Å². The number of hydrogen-bond donors (Lipinski definition) is 4. The summed E-state index contributed by atoms with van der Waals surface area (Å²) in [4.78, 5) is 75.5. The van der Waals surface area contributed by atoms with Crippen molar-refractivity contribution in [2.24, 2.45) is 11.8 Å². The third-order valence-corrected chi connectivity index (χ3v) is 6.79. The van der Waals surface area contributed by atoms with Crippen molar-refractivity contribution < 1.29 is 38.2 Å². The highest BCUT2D eigenvalue weighted by atomic mass is 16.5. The molecule has 3 rings (SSSR count). The van der Waals surface area contributed by atoms with E-state index in [-0.39, 0.29) is 53.0 Å². The average Bonchev–Trinajstić information content (AvgIpc) is 2.95. The number of amides is 2. The van der Waals surface area contributed by atoms with Gasteiger partial charge >= 0.3 is 11.9 Å². The first-order chi connectivity index (χ1) is 19.9. The van der Waals surface area contributed by atoms with Crippen LogP contribution in [0.1, 0.15) is 59.5 Å². The second-order valence-electron chi connectivity index (χ2n) is 10.5. The molecule has 1 aliphatic rings. The molecule has 4 N–H and O–H groups in total. The molecule has 0 heterocycles. The zero-order valence-electron chi connectivity index (χ0n) is 24.5. The normalized spacial score (nSPS) is 13.6. The number of carbonyl (C=O) groups is 6. The molecule has 0 aliphatic heterocycles. The van der Waals surface area contributed by atoms with Gasteiger partial charge < -0.3 is 20.1 Å². The van der Waals surface area contributed by atoms with E-state index >= 15 is 0 Å². The van der Waals surface area contributed by atoms with Gasteiger partial charge in [0.1, 0.15) is 12.1 Å². The Morgan fingerprint density at radius 1 is 0.619 bits per heavy atom. The third-order valence-electron chi connectivity index (χ3n) is 6.79. The summed E-state index contributed by atoms with van der Waals surface area (Å²) in [7, 11) is 2.54. The highest BCUT2D eigenvalue weighted by Gasteiger charge is 2.31. The molecule has 224 valence electrons. The SMILES string of the molecule is COC(=O)[C@H](NCC(=O)Nc1ccc2c(c1)C(=O)c1cc(NC(=O)CN[C@@H](C(=O)OC)C(C)C)ccc1C2=O)C(C)C. The summed E-state index contributed by atoms with van der Waals surface area (Å²) < 4.78 is 9.53. The number of nitrogens with one attached hydrogen (secondary N) is 4. The minimum Gasteiger partial charge on any atom is -0.468 e. The molecule has 1 aliphatic carbocycles. The second-order valence-corrected chi connectivity index (χ2v) is 10.5. The third kappa shape index (κ3) is 7.45. The number of benzene rings is 2. The number of ether oxygens (including phenoxy) is 2. The number of carbonyl (C=O) groups excluding carboxylic acids is 6. The minimum absolute atomic E-state index is 0.107. The molecule has 0 radical (unpaired) electrons. The Balaban J connectivity index is 1.72. The van der Waals surface area contributed by atoms with E-state index in [2.05, 4.69) is 21.3 Å². The highest BCUT2D eigenvalue weighted by Crippen LogP contribution is 2.31. The smallest absolute Gasteiger partial charge is 0.323 e. The van der Waals surface area contributed by atoms with E-state index < -0.39 is 41.6 Å². The number of ketones is 2. The van der Waals surface area contributed by atoms with Crippen LogP contribution in [0, 0.1) is 11.8 Å². The van der Waals surface area contributed by atoms with E-state index in [0.29, 0.717) is 11.4 Å². The number of anilines is 2. The maximum absolute atomic E-state index is 13.4. The van der Waals surface area contributed by atoms with Crippen LogP contribution in [0.4, 0.5) is 11.4 Å². The van der Waals surface area contributed by atoms with Crippen molar-refractivity contribution >= 4 is 46.7 Å². The van der Waals surface area contributed by atoms with Crippen molar-refractivity contribution in [3.8, 4) is 0 Å². The van der Waals surface area contributed by atoms with E-state index in [9.17, 15) is 28.8 Å². The van der Waals surface area contributed by atoms with Gasteiger partial charge in [0.05, 0.1) is 27.3 Å². The Labute approximate surface area is 243 Å². The Kier molecular flexibility index (Phi) is 10.7. The first-order valence-corrected chi connectivity index (χ1v) is 13.5. The molecular weight excluding hydrogens is 544 g/mol. The minimum atomic E-state index is -0.671. The van der Waals surface area contributed by atoms with E-state index in [1.54, 1.807) is 0 Å². The quantitative estimate of drug-likeness (QED) is 0.232. The summed E-state index contributed by atoms with van der Waals surface area (Å²) >= 11 is 0. The van der Waals surface area contributed by atoms with E-state index in [0.717, 1.165) is 0 Å². The van der Waals surface area contributed by atoms with E-state index in [1.807, 2.05) is 27.7 Å². The number of rotatable bonds is 12. The van der Waals surface area contributed by atoms with Crippen LogP contribution in [-0.4, -0.2) is 74.7 Å². The summed E-state index contributed by atoms with van der Waals surface area (Å²) in [6, 6.07) is 7.49. The lowest BCUT2D eigenvalue weighted by molar-refractivity contribution is -0.145. The lowest BCUT2D eigenvalue weighted by Crippen LogP contribution is -2.45. The maximum atomic E-state index is 13.4. The van der Waals surface area contributed by atoms with Crippen molar-refractivity contribution in [3.63, 3.8) is 0 Å². The molecule has 0 bridgehead atoms. The fraction of sp³-hybridized carbons (Fsp3) is 0.400. The van der Waals surface area contributed by atoms with Crippen LogP contribution < -0.4 is 21.3 Å². The van der Waals surface area contributed by atoms with Crippen LogP contribution in [-0.2, 0) is 28.7 Å². The van der Waals surface area contributed by atoms with Gasteiger partial charge in [0.2, 0.25) is 11.8 Å². The first-order valence-electron chi connectivity index (χ1n) is 13.5. The lowest BCUT2D eigenvalue weighted by Gasteiger charge is -2.21. The number of methoxy groups -OCH3 is 2.